The van der Waals surface area contributed by atoms with Crippen LogP contribution in [0.25, 0.3) is 0 Å². The minimum Gasteiger partial charge on any atom is -0.481 e. The van der Waals surface area contributed by atoms with Crippen molar-refractivity contribution in [1.29, 1.82) is 0 Å². The number of rotatable bonds is 8. The van der Waals surface area contributed by atoms with Gasteiger partial charge >= 0.3 is 5.97 Å². The molecule has 1 amide bonds. The lowest BCUT2D eigenvalue weighted by molar-refractivity contribution is -0.150. The van der Waals surface area contributed by atoms with Crippen LogP contribution < -0.4 is 9.64 Å². The number of carbonyl (C=O) groups is 3. The molecule has 0 bridgehead atoms. The van der Waals surface area contributed by atoms with E-state index in [-0.39, 0.29) is 25.2 Å². The number of amides is 1. The van der Waals surface area contributed by atoms with Crippen molar-refractivity contribution in [2.24, 2.45) is 0 Å². The van der Waals surface area contributed by atoms with Gasteiger partial charge in [0.05, 0.1) is 5.56 Å². The molecule has 1 saturated carbocycles. The number of aldehydes is 1. The lowest BCUT2D eigenvalue weighted by atomic mass is 9.93. The first-order chi connectivity index (χ1) is 14.2. The third kappa shape index (κ3) is 5.67. The molecule has 0 aromatic heterocycles. The molecule has 1 aliphatic rings. The summed E-state index contributed by atoms with van der Waals surface area (Å²) in [7, 11) is 0. The van der Waals surface area contributed by atoms with Crippen LogP contribution in [0.5, 0.6) is 5.75 Å². The zero-order valence-electron chi connectivity index (χ0n) is 16.3. The topological polar surface area (TPSA) is 72.9 Å². The van der Waals surface area contributed by atoms with Gasteiger partial charge in [-0.2, -0.15) is 0 Å². The van der Waals surface area contributed by atoms with Crippen LogP contribution in [0.4, 0.5) is 5.69 Å². The fourth-order valence-electron chi connectivity index (χ4n) is 3.59. The molecule has 6 heteroatoms. The van der Waals surface area contributed by atoms with Gasteiger partial charge in [0.1, 0.15) is 5.75 Å². The molecule has 152 valence electrons. The zero-order valence-corrected chi connectivity index (χ0v) is 16.3. The van der Waals surface area contributed by atoms with E-state index in [9.17, 15) is 14.4 Å². The summed E-state index contributed by atoms with van der Waals surface area (Å²) >= 11 is 0. The van der Waals surface area contributed by atoms with Gasteiger partial charge in [-0.15, -0.1) is 0 Å². The van der Waals surface area contributed by atoms with Crippen molar-refractivity contribution >= 4 is 23.9 Å². The van der Waals surface area contributed by atoms with Crippen molar-refractivity contribution in [1.82, 2.24) is 0 Å². The first-order valence-electron chi connectivity index (χ1n) is 9.89. The molecule has 0 N–H and O–H groups in total. The van der Waals surface area contributed by atoms with E-state index in [0.717, 1.165) is 31.4 Å². The molecule has 0 unspecified atom stereocenters. The zero-order chi connectivity index (χ0) is 20.5. The molecule has 3 rings (SSSR count). The number of ether oxygens (including phenoxy) is 2. The van der Waals surface area contributed by atoms with Gasteiger partial charge < -0.3 is 14.4 Å². The van der Waals surface area contributed by atoms with E-state index in [1.807, 2.05) is 30.3 Å². The molecule has 1 fully saturated rings. The molecular weight excluding hydrogens is 370 g/mol. The Labute approximate surface area is 170 Å². The summed E-state index contributed by atoms with van der Waals surface area (Å²) in [6.07, 6.45) is 5.91. The lowest BCUT2D eigenvalue weighted by Crippen LogP contribution is -2.44. The summed E-state index contributed by atoms with van der Waals surface area (Å²) < 4.78 is 10.5. The predicted octanol–water partition coefficient (Wildman–Crippen LogP) is 3.79. The highest BCUT2D eigenvalue weighted by molar-refractivity contribution is 5.95. The quantitative estimate of drug-likeness (QED) is 0.502. The van der Waals surface area contributed by atoms with E-state index < -0.39 is 5.97 Å². The molecule has 2 aromatic carbocycles. The van der Waals surface area contributed by atoms with Crippen molar-refractivity contribution in [3.8, 4) is 5.75 Å². The summed E-state index contributed by atoms with van der Waals surface area (Å²) in [6.45, 7) is -0.712. The molecule has 0 saturated heterocycles. The molecule has 0 radical (unpaired) electrons. The Kier molecular flexibility index (Phi) is 7.39. The fourth-order valence-corrected chi connectivity index (χ4v) is 3.59. The predicted molar refractivity (Wildman–Crippen MR) is 109 cm³/mol. The highest BCUT2D eigenvalue weighted by Crippen LogP contribution is 2.27. The number of para-hydroxylation sites is 2. The lowest BCUT2D eigenvalue weighted by Gasteiger charge is -2.34. The van der Waals surface area contributed by atoms with E-state index >= 15 is 0 Å². The second-order valence-electron chi connectivity index (χ2n) is 7.00. The molecule has 1 aliphatic carbocycles. The first kappa shape index (κ1) is 20.6. The van der Waals surface area contributed by atoms with E-state index in [1.54, 1.807) is 29.2 Å². The van der Waals surface area contributed by atoms with Gasteiger partial charge in [-0.05, 0) is 37.1 Å². The summed E-state index contributed by atoms with van der Waals surface area (Å²) in [4.78, 5) is 37.7. The van der Waals surface area contributed by atoms with Crippen LogP contribution in [0.3, 0.4) is 0 Å². The van der Waals surface area contributed by atoms with Gasteiger partial charge in [-0.25, -0.2) is 4.79 Å². The van der Waals surface area contributed by atoms with Crippen LogP contribution in [0.2, 0.25) is 0 Å². The Bertz CT molecular complexity index is 830. The molecule has 0 heterocycles. The second-order valence-corrected chi connectivity index (χ2v) is 7.00. The molecule has 0 aliphatic heterocycles. The summed E-state index contributed by atoms with van der Waals surface area (Å²) in [5.74, 6) is -0.598. The standard InChI is InChI=1S/C23H25NO5/c25-15-18-9-7-8-14-21(18)28-17-23(27)29-16-22(26)24(19-10-3-1-4-11-19)20-12-5-2-6-13-20/h1,3-4,7-11,14-15,20H,2,5-6,12-13,16-17H2. The molecule has 29 heavy (non-hydrogen) atoms. The van der Waals surface area contributed by atoms with Crippen LogP contribution in [-0.2, 0) is 14.3 Å². The summed E-state index contributed by atoms with van der Waals surface area (Å²) in [5.41, 5.74) is 1.17. The first-order valence-corrected chi connectivity index (χ1v) is 9.89. The number of hydrogen-bond donors (Lipinski definition) is 0. The Morgan fingerprint density at radius 3 is 2.34 bits per heavy atom. The molecule has 2 aromatic rings. The van der Waals surface area contributed by atoms with Crippen molar-refractivity contribution < 1.29 is 23.9 Å². The van der Waals surface area contributed by atoms with Crippen molar-refractivity contribution in [3.05, 3.63) is 60.2 Å². The average molecular weight is 395 g/mol. The summed E-state index contributed by atoms with van der Waals surface area (Å²) in [5, 5.41) is 0. The Balaban J connectivity index is 1.58. The number of benzene rings is 2. The van der Waals surface area contributed by atoms with Crippen molar-refractivity contribution in [2.45, 2.75) is 38.1 Å². The smallest absolute Gasteiger partial charge is 0.344 e. The fraction of sp³-hybridized carbons (Fsp3) is 0.348. The minimum atomic E-state index is -0.657. The normalized spacial score (nSPS) is 14.1. The SMILES string of the molecule is O=Cc1ccccc1OCC(=O)OCC(=O)N(c1ccccc1)C1CCCCC1. The average Bonchev–Trinajstić information content (AvgIpc) is 2.78. The Morgan fingerprint density at radius 2 is 1.62 bits per heavy atom. The van der Waals surface area contributed by atoms with Gasteiger partial charge in [0, 0.05) is 11.7 Å². The van der Waals surface area contributed by atoms with E-state index in [0.29, 0.717) is 17.6 Å². The number of esters is 1. The highest BCUT2D eigenvalue weighted by atomic mass is 16.6. The molecule has 0 spiro atoms. The highest BCUT2D eigenvalue weighted by Gasteiger charge is 2.27. The van der Waals surface area contributed by atoms with Gasteiger partial charge in [-0.3, -0.25) is 9.59 Å². The maximum absolute atomic E-state index is 12.9. The van der Waals surface area contributed by atoms with Crippen LogP contribution in [0.1, 0.15) is 42.5 Å². The maximum atomic E-state index is 12.9. The monoisotopic (exact) mass is 395 g/mol. The van der Waals surface area contributed by atoms with E-state index in [2.05, 4.69) is 0 Å². The third-order valence-electron chi connectivity index (χ3n) is 4.99. The van der Waals surface area contributed by atoms with Crippen molar-refractivity contribution in [3.63, 3.8) is 0 Å². The van der Waals surface area contributed by atoms with Gasteiger partial charge in [0.2, 0.25) is 0 Å². The van der Waals surface area contributed by atoms with Gasteiger partial charge in [0.15, 0.2) is 19.5 Å². The third-order valence-corrected chi connectivity index (χ3v) is 4.99. The van der Waals surface area contributed by atoms with E-state index in [1.165, 1.54) is 6.42 Å². The van der Waals surface area contributed by atoms with Crippen molar-refractivity contribution in [2.75, 3.05) is 18.1 Å². The van der Waals surface area contributed by atoms with Gasteiger partial charge in [-0.1, -0.05) is 49.6 Å². The van der Waals surface area contributed by atoms with E-state index in [4.69, 9.17) is 9.47 Å². The minimum absolute atomic E-state index is 0.119. The number of carbonyl (C=O) groups excluding carboxylic acids is 3. The largest absolute Gasteiger partial charge is 0.481 e. The molecular formula is C23H25NO5. The van der Waals surface area contributed by atoms with Crippen LogP contribution >= 0.6 is 0 Å². The number of hydrogen-bond acceptors (Lipinski definition) is 5. The van der Waals surface area contributed by atoms with Gasteiger partial charge in [0.25, 0.3) is 5.91 Å². The van der Waals surface area contributed by atoms with Crippen LogP contribution in [0, 0.1) is 0 Å². The summed E-state index contributed by atoms with van der Waals surface area (Å²) in [6, 6.07) is 16.2. The second kappa shape index (κ2) is 10.4. The van der Waals surface area contributed by atoms with Crippen LogP contribution in [-0.4, -0.2) is 37.4 Å². The molecule has 0 atom stereocenters. The number of nitrogens with zero attached hydrogens (tertiary/aromatic N) is 1. The van der Waals surface area contributed by atoms with Crippen LogP contribution in [0.15, 0.2) is 54.6 Å². The number of anilines is 1. The Morgan fingerprint density at radius 1 is 0.931 bits per heavy atom. The Hall–Kier alpha value is -3.15. The molecule has 6 nitrogen and oxygen atoms in total. The maximum Gasteiger partial charge on any atom is 0.344 e.